The lowest BCUT2D eigenvalue weighted by Crippen LogP contribution is -2.26. The molecular weight excluding hydrogens is 282 g/mol. The first-order valence-electron chi connectivity index (χ1n) is 6.61. The molecule has 1 aromatic rings. The molecule has 0 radical (unpaired) electrons. The van der Waals surface area contributed by atoms with Crippen molar-refractivity contribution in [2.45, 2.75) is 50.0 Å². The second-order valence-corrected chi connectivity index (χ2v) is 8.09. The van der Waals surface area contributed by atoms with Gasteiger partial charge in [0.1, 0.15) is 9.90 Å². The van der Waals surface area contributed by atoms with E-state index in [0.29, 0.717) is 17.0 Å². The zero-order valence-corrected chi connectivity index (χ0v) is 13.0. The van der Waals surface area contributed by atoms with E-state index in [4.69, 9.17) is 5.73 Å². The minimum atomic E-state index is -3.34. The van der Waals surface area contributed by atoms with Crippen molar-refractivity contribution in [3.63, 3.8) is 0 Å². The first-order valence-corrected chi connectivity index (χ1v) is 9.28. The highest BCUT2D eigenvalue weighted by Crippen LogP contribution is 2.34. The molecule has 2 unspecified atom stereocenters. The summed E-state index contributed by atoms with van der Waals surface area (Å²) in [7, 11) is -3.34. The van der Waals surface area contributed by atoms with Crippen molar-refractivity contribution in [3.05, 3.63) is 0 Å². The molecule has 0 saturated heterocycles. The largest absolute Gasteiger partial charge is 0.382 e. The molecule has 5 nitrogen and oxygen atoms in total. The molecule has 2 rings (SSSR count). The number of hydrogen-bond donors (Lipinski definition) is 2. The van der Waals surface area contributed by atoms with Crippen molar-refractivity contribution in [2.75, 3.05) is 17.3 Å². The Morgan fingerprint density at radius 3 is 2.68 bits per heavy atom. The maximum atomic E-state index is 11.8. The van der Waals surface area contributed by atoms with Crippen LogP contribution in [0.3, 0.4) is 0 Å². The summed E-state index contributed by atoms with van der Waals surface area (Å²) < 4.78 is 27.5. The standard InChI is InChI=1S/C12H21N3O2S2/c1-8-6-4-3-5-7-9(8)14-12-10(19(2,16)17)11(13)15-18-12/h8-9,14H,3-7H2,1-2H3,(H2,13,15). The maximum absolute atomic E-state index is 11.8. The highest BCUT2D eigenvalue weighted by Gasteiger charge is 2.26. The van der Waals surface area contributed by atoms with Gasteiger partial charge in [-0.1, -0.05) is 26.2 Å². The molecule has 2 atom stereocenters. The van der Waals surface area contributed by atoms with Gasteiger partial charge in [-0.2, -0.15) is 4.37 Å². The smallest absolute Gasteiger partial charge is 0.182 e. The third kappa shape index (κ3) is 3.39. The average molecular weight is 303 g/mol. The fourth-order valence-corrected chi connectivity index (χ4v) is 4.74. The number of rotatable bonds is 3. The molecule has 0 aliphatic heterocycles. The van der Waals surface area contributed by atoms with Crippen molar-refractivity contribution in [1.82, 2.24) is 4.37 Å². The van der Waals surface area contributed by atoms with Crippen molar-refractivity contribution >= 4 is 32.2 Å². The van der Waals surface area contributed by atoms with E-state index in [-0.39, 0.29) is 10.7 Å². The van der Waals surface area contributed by atoms with E-state index in [2.05, 4.69) is 16.6 Å². The van der Waals surface area contributed by atoms with Crippen LogP contribution in [0.5, 0.6) is 0 Å². The van der Waals surface area contributed by atoms with Crippen LogP contribution in [0.25, 0.3) is 0 Å². The van der Waals surface area contributed by atoms with Crippen LogP contribution < -0.4 is 11.1 Å². The highest BCUT2D eigenvalue weighted by atomic mass is 32.2. The summed E-state index contributed by atoms with van der Waals surface area (Å²) in [5, 5.41) is 3.96. The third-order valence-corrected chi connectivity index (χ3v) is 5.80. The zero-order chi connectivity index (χ0) is 14.0. The number of hydrogen-bond acceptors (Lipinski definition) is 6. The first kappa shape index (κ1) is 14.6. The highest BCUT2D eigenvalue weighted by molar-refractivity contribution is 7.91. The summed E-state index contributed by atoms with van der Waals surface area (Å²) in [5.41, 5.74) is 5.68. The molecule has 0 bridgehead atoms. The summed E-state index contributed by atoms with van der Waals surface area (Å²) in [6.45, 7) is 2.22. The Bertz CT molecular complexity index is 539. The number of nitrogen functional groups attached to an aromatic ring is 1. The van der Waals surface area contributed by atoms with Gasteiger partial charge >= 0.3 is 0 Å². The van der Waals surface area contributed by atoms with E-state index in [0.717, 1.165) is 18.0 Å². The van der Waals surface area contributed by atoms with Gasteiger partial charge in [-0.3, -0.25) is 0 Å². The molecule has 1 aromatic heterocycles. The molecule has 3 N–H and O–H groups in total. The molecular formula is C12H21N3O2S2. The van der Waals surface area contributed by atoms with Crippen LogP contribution in [-0.2, 0) is 9.84 Å². The van der Waals surface area contributed by atoms with Gasteiger partial charge in [0.2, 0.25) is 0 Å². The summed E-state index contributed by atoms with van der Waals surface area (Å²) in [6, 6.07) is 0.308. The number of nitrogens with one attached hydrogen (secondary N) is 1. The molecule has 108 valence electrons. The predicted octanol–water partition coefficient (Wildman–Crippen LogP) is 2.51. The fraction of sp³-hybridized carbons (Fsp3) is 0.750. The Labute approximate surface area is 118 Å². The van der Waals surface area contributed by atoms with E-state index in [1.807, 2.05) is 0 Å². The van der Waals surface area contributed by atoms with Crippen LogP contribution in [0.2, 0.25) is 0 Å². The number of aromatic nitrogens is 1. The normalized spacial score (nSPS) is 24.9. The Balaban J connectivity index is 2.24. The van der Waals surface area contributed by atoms with E-state index < -0.39 is 9.84 Å². The van der Waals surface area contributed by atoms with E-state index in [1.165, 1.54) is 31.9 Å². The number of nitrogens with zero attached hydrogens (tertiary/aromatic N) is 1. The van der Waals surface area contributed by atoms with Crippen LogP contribution >= 0.6 is 11.5 Å². The van der Waals surface area contributed by atoms with Crippen molar-refractivity contribution < 1.29 is 8.42 Å². The Morgan fingerprint density at radius 1 is 1.32 bits per heavy atom. The Morgan fingerprint density at radius 2 is 2.00 bits per heavy atom. The molecule has 0 amide bonds. The van der Waals surface area contributed by atoms with E-state index in [9.17, 15) is 8.42 Å². The molecule has 0 aromatic carbocycles. The monoisotopic (exact) mass is 303 g/mol. The third-order valence-electron chi connectivity index (χ3n) is 3.72. The summed E-state index contributed by atoms with van der Waals surface area (Å²) in [4.78, 5) is 0.161. The molecule has 1 saturated carbocycles. The zero-order valence-electron chi connectivity index (χ0n) is 11.3. The van der Waals surface area contributed by atoms with Crippen LogP contribution in [0.4, 0.5) is 10.8 Å². The predicted molar refractivity (Wildman–Crippen MR) is 79.3 cm³/mol. The lowest BCUT2D eigenvalue weighted by Gasteiger charge is -2.23. The van der Waals surface area contributed by atoms with Gasteiger partial charge < -0.3 is 11.1 Å². The first-order chi connectivity index (χ1) is 8.89. The quantitative estimate of drug-likeness (QED) is 0.838. The maximum Gasteiger partial charge on any atom is 0.182 e. The number of sulfone groups is 1. The van der Waals surface area contributed by atoms with Gasteiger partial charge in [0, 0.05) is 12.3 Å². The second-order valence-electron chi connectivity index (χ2n) is 5.36. The van der Waals surface area contributed by atoms with Crippen LogP contribution in [0.15, 0.2) is 4.90 Å². The van der Waals surface area contributed by atoms with Crippen LogP contribution in [-0.4, -0.2) is 25.1 Å². The Kier molecular flexibility index (Phi) is 4.35. The minimum Gasteiger partial charge on any atom is -0.382 e. The van der Waals surface area contributed by atoms with Crippen molar-refractivity contribution in [3.8, 4) is 0 Å². The second kappa shape index (κ2) is 5.66. The average Bonchev–Trinajstić information content (AvgIpc) is 2.55. The van der Waals surface area contributed by atoms with Crippen molar-refractivity contribution in [2.24, 2.45) is 5.92 Å². The summed E-state index contributed by atoms with van der Waals surface area (Å²) >= 11 is 1.14. The molecule has 7 heteroatoms. The van der Waals surface area contributed by atoms with E-state index >= 15 is 0 Å². The van der Waals surface area contributed by atoms with Crippen LogP contribution in [0, 0.1) is 5.92 Å². The van der Waals surface area contributed by atoms with Gasteiger partial charge in [0.25, 0.3) is 0 Å². The number of anilines is 2. The summed E-state index contributed by atoms with van der Waals surface area (Å²) in [6.07, 6.45) is 7.12. The van der Waals surface area contributed by atoms with Gasteiger partial charge in [-0.05, 0) is 30.3 Å². The molecule has 1 aliphatic rings. The molecule has 0 spiro atoms. The molecule has 1 heterocycles. The van der Waals surface area contributed by atoms with Gasteiger partial charge in [-0.25, -0.2) is 8.42 Å². The van der Waals surface area contributed by atoms with E-state index in [1.54, 1.807) is 0 Å². The lowest BCUT2D eigenvalue weighted by atomic mass is 9.97. The number of nitrogens with two attached hydrogens (primary N) is 1. The summed E-state index contributed by atoms with van der Waals surface area (Å²) in [5.74, 6) is 0.648. The fourth-order valence-electron chi connectivity index (χ4n) is 2.62. The molecule has 19 heavy (non-hydrogen) atoms. The SMILES string of the molecule is CC1CCCCCC1Nc1snc(N)c1S(C)(=O)=O. The van der Waals surface area contributed by atoms with Gasteiger partial charge in [0.05, 0.1) is 0 Å². The molecule has 1 fully saturated rings. The minimum absolute atomic E-state index is 0.108. The lowest BCUT2D eigenvalue weighted by molar-refractivity contribution is 0.457. The topological polar surface area (TPSA) is 85.1 Å². The van der Waals surface area contributed by atoms with Gasteiger partial charge in [0.15, 0.2) is 15.7 Å². The van der Waals surface area contributed by atoms with Crippen LogP contribution in [0.1, 0.15) is 39.0 Å². The molecule has 1 aliphatic carbocycles. The Hall–Kier alpha value is -0.820. The van der Waals surface area contributed by atoms with Gasteiger partial charge in [-0.15, -0.1) is 0 Å². The van der Waals surface area contributed by atoms with Crippen molar-refractivity contribution in [1.29, 1.82) is 0 Å².